The number of halogens is 4. The highest BCUT2D eigenvalue weighted by Gasteiger charge is 2.43. The number of ether oxygens (including phenoxy) is 1. The summed E-state index contributed by atoms with van der Waals surface area (Å²) >= 11 is 0. The summed E-state index contributed by atoms with van der Waals surface area (Å²) < 4.78 is 53.5. The maximum absolute atomic E-state index is 12.7. The lowest BCUT2D eigenvalue weighted by Gasteiger charge is -2.16. The number of rotatable bonds is 4. The molecule has 0 N–H and O–H groups in total. The van der Waals surface area contributed by atoms with Crippen molar-refractivity contribution in [3.05, 3.63) is 54.1 Å². The molecular weight excluding hydrogens is 272 g/mol. The molecule has 0 spiro atoms. The molecule has 0 aliphatic carbocycles. The highest BCUT2D eigenvalue weighted by atomic mass is 19.3. The van der Waals surface area contributed by atoms with Gasteiger partial charge in [0.1, 0.15) is 5.75 Å². The topological polar surface area (TPSA) is 9.23 Å². The maximum Gasteiger partial charge on any atom is 0.461 e. The van der Waals surface area contributed by atoms with Gasteiger partial charge in [0.25, 0.3) is 0 Å². The monoisotopic (exact) mass is 284 g/mol. The second-order valence-corrected chi connectivity index (χ2v) is 4.35. The molecule has 0 saturated carbocycles. The molecule has 0 heterocycles. The van der Waals surface area contributed by atoms with E-state index in [-0.39, 0.29) is 5.75 Å². The van der Waals surface area contributed by atoms with Crippen LogP contribution in [-0.2, 0) is 0 Å². The summed E-state index contributed by atoms with van der Waals surface area (Å²) in [5.41, 5.74) is 2.80. The first kappa shape index (κ1) is 14.4. The fraction of sp³-hybridized carbons (Fsp3) is 0.200. The first-order valence-corrected chi connectivity index (χ1v) is 5.90. The first-order chi connectivity index (χ1) is 9.38. The molecule has 0 bridgehead atoms. The van der Waals surface area contributed by atoms with Crippen LogP contribution >= 0.6 is 0 Å². The normalized spacial score (nSPS) is 11.7. The van der Waals surface area contributed by atoms with E-state index in [0.717, 1.165) is 16.7 Å². The van der Waals surface area contributed by atoms with Crippen LogP contribution in [0, 0.1) is 6.92 Å². The lowest BCUT2D eigenvalue weighted by atomic mass is 10.0. The second kappa shape index (κ2) is 5.53. The number of hydrogen-bond acceptors (Lipinski definition) is 1. The molecule has 2 rings (SSSR count). The number of hydrogen-bond donors (Lipinski definition) is 0. The van der Waals surface area contributed by atoms with Crippen molar-refractivity contribution in [1.29, 1.82) is 0 Å². The zero-order valence-electron chi connectivity index (χ0n) is 10.6. The van der Waals surface area contributed by atoms with E-state index in [1.54, 1.807) is 12.1 Å². The molecule has 2 aromatic carbocycles. The van der Waals surface area contributed by atoms with Crippen LogP contribution in [0.5, 0.6) is 5.75 Å². The number of benzene rings is 2. The smallest absolute Gasteiger partial charge is 0.428 e. The van der Waals surface area contributed by atoms with E-state index in [1.807, 2.05) is 31.2 Å². The van der Waals surface area contributed by atoms with Crippen molar-refractivity contribution in [3.8, 4) is 16.9 Å². The van der Waals surface area contributed by atoms with E-state index in [1.165, 1.54) is 12.1 Å². The van der Waals surface area contributed by atoms with Gasteiger partial charge in [-0.2, -0.15) is 17.6 Å². The summed E-state index contributed by atoms with van der Waals surface area (Å²) in [7, 11) is 0. The van der Waals surface area contributed by atoms with Gasteiger partial charge in [0, 0.05) is 0 Å². The largest absolute Gasteiger partial charge is 0.461 e. The van der Waals surface area contributed by atoms with Crippen molar-refractivity contribution in [2.24, 2.45) is 0 Å². The van der Waals surface area contributed by atoms with E-state index in [0.29, 0.717) is 0 Å². The zero-order chi connectivity index (χ0) is 14.8. The Morgan fingerprint density at radius 1 is 0.850 bits per heavy atom. The van der Waals surface area contributed by atoms with Crippen LogP contribution in [0.4, 0.5) is 17.6 Å². The van der Waals surface area contributed by atoms with E-state index in [9.17, 15) is 17.6 Å². The molecule has 0 fully saturated rings. The predicted molar refractivity (Wildman–Crippen MR) is 68.2 cm³/mol. The van der Waals surface area contributed by atoms with Crippen molar-refractivity contribution in [2.75, 3.05) is 0 Å². The van der Waals surface area contributed by atoms with Crippen LogP contribution in [0.15, 0.2) is 48.5 Å². The molecule has 1 nitrogen and oxygen atoms in total. The fourth-order valence-corrected chi connectivity index (χ4v) is 1.66. The molecule has 106 valence electrons. The van der Waals surface area contributed by atoms with Crippen molar-refractivity contribution in [3.63, 3.8) is 0 Å². The van der Waals surface area contributed by atoms with E-state index >= 15 is 0 Å². The standard InChI is InChI=1S/C15H12F4O/c1-10-2-4-11(5-3-10)12-6-8-13(9-7-12)20-15(18,19)14(16)17/h2-9,14H,1H3. The Bertz CT molecular complexity index is 561. The highest BCUT2D eigenvalue weighted by Crippen LogP contribution is 2.29. The van der Waals surface area contributed by atoms with Crippen LogP contribution in [0.3, 0.4) is 0 Å². The Morgan fingerprint density at radius 3 is 1.75 bits per heavy atom. The molecule has 0 aliphatic rings. The Balaban J connectivity index is 2.16. The van der Waals surface area contributed by atoms with E-state index < -0.39 is 12.5 Å². The average molecular weight is 284 g/mol. The molecule has 0 atom stereocenters. The minimum Gasteiger partial charge on any atom is -0.428 e. The molecule has 0 unspecified atom stereocenters. The minimum absolute atomic E-state index is 0.300. The molecule has 0 radical (unpaired) electrons. The quantitative estimate of drug-likeness (QED) is 0.726. The van der Waals surface area contributed by atoms with Crippen LogP contribution in [0.1, 0.15) is 5.56 Å². The third kappa shape index (κ3) is 3.29. The second-order valence-electron chi connectivity index (χ2n) is 4.35. The zero-order valence-corrected chi connectivity index (χ0v) is 10.6. The van der Waals surface area contributed by atoms with Crippen molar-refractivity contribution in [2.45, 2.75) is 19.5 Å². The average Bonchev–Trinajstić information content (AvgIpc) is 2.40. The Morgan fingerprint density at radius 2 is 1.30 bits per heavy atom. The minimum atomic E-state index is -4.48. The summed E-state index contributed by atoms with van der Waals surface area (Å²) in [6, 6.07) is 13.2. The summed E-state index contributed by atoms with van der Waals surface area (Å²) in [5, 5.41) is 0. The van der Waals surface area contributed by atoms with Crippen LogP contribution < -0.4 is 4.74 Å². The third-order valence-corrected chi connectivity index (χ3v) is 2.75. The van der Waals surface area contributed by atoms with Crippen molar-refractivity contribution in [1.82, 2.24) is 0 Å². The van der Waals surface area contributed by atoms with Gasteiger partial charge in [-0.3, -0.25) is 0 Å². The SMILES string of the molecule is Cc1ccc(-c2ccc(OC(F)(F)C(F)F)cc2)cc1. The van der Waals surface area contributed by atoms with Gasteiger partial charge in [-0.15, -0.1) is 0 Å². The van der Waals surface area contributed by atoms with Crippen molar-refractivity contribution < 1.29 is 22.3 Å². The van der Waals surface area contributed by atoms with Gasteiger partial charge in [-0.1, -0.05) is 42.0 Å². The predicted octanol–water partition coefficient (Wildman–Crippen LogP) is 4.90. The van der Waals surface area contributed by atoms with Gasteiger partial charge in [0.2, 0.25) is 0 Å². The summed E-state index contributed by atoms with van der Waals surface area (Å²) in [4.78, 5) is 0. The van der Waals surface area contributed by atoms with Crippen molar-refractivity contribution >= 4 is 0 Å². The van der Waals surface area contributed by atoms with Gasteiger partial charge in [-0.05, 0) is 30.2 Å². The molecule has 0 aromatic heterocycles. The van der Waals surface area contributed by atoms with Gasteiger partial charge >= 0.3 is 12.5 Å². The maximum atomic E-state index is 12.7. The van der Waals surface area contributed by atoms with Crippen LogP contribution in [0.2, 0.25) is 0 Å². The molecule has 2 aromatic rings. The molecule has 0 aliphatic heterocycles. The van der Waals surface area contributed by atoms with Gasteiger partial charge in [0.05, 0.1) is 0 Å². The highest BCUT2D eigenvalue weighted by molar-refractivity contribution is 5.64. The summed E-state index contributed by atoms with van der Waals surface area (Å²) in [6.07, 6.45) is -8.34. The lowest BCUT2D eigenvalue weighted by molar-refractivity contribution is -0.253. The van der Waals surface area contributed by atoms with Crippen LogP contribution in [-0.4, -0.2) is 12.5 Å². The molecule has 5 heteroatoms. The van der Waals surface area contributed by atoms with Gasteiger partial charge in [0.15, 0.2) is 0 Å². The summed E-state index contributed by atoms with van der Waals surface area (Å²) in [6.45, 7) is 1.95. The summed E-state index contributed by atoms with van der Waals surface area (Å²) in [5.74, 6) is -0.300. The fourth-order valence-electron chi connectivity index (χ4n) is 1.66. The number of aryl methyl sites for hydroxylation is 1. The lowest BCUT2D eigenvalue weighted by Crippen LogP contribution is -2.33. The molecule has 0 amide bonds. The van der Waals surface area contributed by atoms with Gasteiger partial charge in [-0.25, -0.2) is 0 Å². The molecular formula is C15H12F4O. The Hall–Kier alpha value is -2.04. The number of alkyl halides is 4. The van der Waals surface area contributed by atoms with E-state index in [2.05, 4.69) is 4.74 Å². The third-order valence-electron chi connectivity index (χ3n) is 2.75. The first-order valence-electron chi connectivity index (χ1n) is 5.90. The Labute approximate surface area is 113 Å². The van der Waals surface area contributed by atoms with Gasteiger partial charge < -0.3 is 4.74 Å². The van der Waals surface area contributed by atoms with E-state index in [4.69, 9.17) is 0 Å². The van der Waals surface area contributed by atoms with Crippen LogP contribution in [0.25, 0.3) is 11.1 Å². The molecule has 20 heavy (non-hydrogen) atoms. The molecule has 0 saturated heterocycles. The Kier molecular flexibility index (Phi) is 3.97.